The van der Waals surface area contributed by atoms with Gasteiger partial charge in [0, 0.05) is 17.3 Å². The second kappa shape index (κ2) is 7.55. The Hall–Kier alpha value is -2.20. The molecule has 0 bridgehead atoms. The van der Waals surface area contributed by atoms with Crippen molar-refractivity contribution in [3.63, 3.8) is 0 Å². The van der Waals surface area contributed by atoms with Crippen LogP contribution in [0.3, 0.4) is 0 Å². The van der Waals surface area contributed by atoms with Gasteiger partial charge in [-0.1, -0.05) is 29.8 Å². The van der Waals surface area contributed by atoms with Gasteiger partial charge in [-0.05, 0) is 48.7 Å². The molecular formula is C16H17ClN2O2. The average molecular weight is 305 g/mol. The first kappa shape index (κ1) is 15.2. The smallest absolute Gasteiger partial charge is 0.319 e. The first-order chi connectivity index (χ1) is 10.1. The van der Waals surface area contributed by atoms with Crippen LogP contribution >= 0.6 is 11.6 Å². The van der Waals surface area contributed by atoms with E-state index in [-0.39, 0.29) is 11.8 Å². The summed E-state index contributed by atoms with van der Waals surface area (Å²) in [7, 11) is 0. The molecule has 2 aromatic rings. The van der Waals surface area contributed by atoms with Crippen LogP contribution in [-0.4, -0.2) is 17.7 Å². The molecule has 110 valence electrons. The molecule has 0 spiro atoms. The van der Waals surface area contributed by atoms with Crippen LogP contribution in [0, 0.1) is 0 Å². The van der Waals surface area contributed by atoms with Crippen LogP contribution in [0.25, 0.3) is 0 Å². The monoisotopic (exact) mass is 304 g/mol. The van der Waals surface area contributed by atoms with Gasteiger partial charge in [0.15, 0.2) is 0 Å². The summed E-state index contributed by atoms with van der Waals surface area (Å²) in [6, 6.07) is 13.8. The molecule has 0 aliphatic carbocycles. The molecule has 0 saturated heterocycles. The maximum absolute atomic E-state index is 11.7. The van der Waals surface area contributed by atoms with Crippen LogP contribution in [0.4, 0.5) is 10.5 Å². The van der Waals surface area contributed by atoms with Crippen LogP contribution in [0.1, 0.15) is 12.0 Å². The van der Waals surface area contributed by atoms with E-state index < -0.39 is 0 Å². The van der Waals surface area contributed by atoms with E-state index in [0.29, 0.717) is 17.3 Å². The number of urea groups is 1. The van der Waals surface area contributed by atoms with Crippen molar-refractivity contribution in [1.29, 1.82) is 0 Å². The van der Waals surface area contributed by atoms with Crippen LogP contribution in [-0.2, 0) is 6.42 Å². The summed E-state index contributed by atoms with van der Waals surface area (Å²) < 4.78 is 0. The number of aryl methyl sites for hydroxylation is 1. The number of carbonyl (C=O) groups is 1. The number of carbonyl (C=O) groups excluding carboxylic acids is 1. The van der Waals surface area contributed by atoms with Crippen molar-refractivity contribution >= 4 is 23.3 Å². The third kappa shape index (κ3) is 5.36. The minimum atomic E-state index is -0.247. The van der Waals surface area contributed by atoms with Gasteiger partial charge in [-0.3, -0.25) is 0 Å². The van der Waals surface area contributed by atoms with Gasteiger partial charge < -0.3 is 15.7 Å². The maximum Gasteiger partial charge on any atom is 0.319 e. The van der Waals surface area contributed by atoms with Gasteiger partial charge >= 0.3 is 6.03 Å². The summed E-state index contributed by atoms with van der Waals surface area (Å²) in [6.07, 6.45) is 1.67. The lowest BCUT2D eigenvalue weighted by atomic mass is 10.1. The molecule has 2 rings (SSSR count). The van der Waals surface area contributed by atoms with E-state index in [4.69, 9.17) is 11.6 Å². The van der Waals surface area contributed by atoms with E-state index in [1.54, 1.807) is 36.4 Å². The molecule has 0 fully saturated rings. The summed E-state index contributed by atoms with van der Waals surface area (Å²) in [4.78, 5) is 11.7. The normalized spacial score (nSPS) is 10.1. The molecule has 3 N–H and O–H groups in total. The second-order valence-electron chi connectivity index (χ2n) is 4.66. The molecule has 21 heavy (non-hydrogen) atoms. The van der Waals surface area contributed by atoms with Gasteiger partial charge in [-0.25, -0.2) is 4.79 Å². The molecular weight excluding hydrogens is 288 g/mol. The molecule has 4 nitrogen and oxygen atoms in total. The first-order valence-corrected chi connectivity index (χ1v) is 7.09. The summed E-state index contributed by atoms with van der Waals surface area (Å²) in [6.45, 7) is 0.577. The minimum absolute atomic E-state index is 0.247. The van der Waals surface area contributed by atoms with E-state index >= 15 is 0 Å². The topological polar surface area (TPSA) is 61.4 Å². The van der Waals surface area contributed by atoms with Gasteiger partial charge in [0.25, 0.3) is 0 Å². The van der Waals surface area contributed by atoms with E-state index in [2.05, 4.69) is 10.6 Å². The van der Waals surface area contributed by atoms with Crippen molar-refractivity contribution in [3.8, 4) is 5.75 Å². The van der Waals surface area contributed by atoms with Gasteiger partial charge in [0.2, 0.25) is 0 Å². The van der Waals surface area contributed by atoms with E-state index in [9.17, 15) is 9.90 Å². The molecule has 2 amide bonds. The molecule has 5 heteroatoms. The Balaban J connectivity index is 1.68. The number of nitrogens with one attached hydrogen (secondary N) is 2. The molecule has 0 aliphatic rings. The predicted octanol–water partition coefficient (Wildman–Crippen LogP) is 3.80. The maximum atomic E-state index is 11.7. The molecule has 0 atom stereocenters. The van der Waals surface area contributed by atoms with Crippen molar-refractivity contribution in [2.45, 2.75) is 12.8 Å². The molecule has 0 radical (unpaired) electrons. The quantitative estimate of drug-likeness (QED) is 0.736. The van der Waals surface area contributed by atoms with Crippen LogP contribution in [0.5, 0.6) is 5.75 Å². The lowest BCUT2D eigenvalue weighted by Crippen LogP contribution is -2.29. The van der Waals surface area contributed by atoms with E-state index in [0.717, 1.165) is 18.4 Å². The number of halogens is 1. The fourth-order valence-corrected chi connectivity index (χ4v) is 2.09. The zero-order valence-electron chi connectivity index (χ0n) is 11.5. The average Bonchev–Trinajstić information content (AvgIpc) is 2.45. The highest BCUT2D eigenvalue weighted by Crippen LogP contribution is 2.14. The number of aromatic hydroxyl groups is 1. The third-order valence-corrected chi connectivity index (χ3v) is 3.18. The van der Waals surface area contributed by atoms with Crippen molar-refractivity contribution < 1.29 is 9.90 Å². The first-order valence-electron chi connectivity index (χ1n) is 6.72. The SMILES string of the molecule is O=C(NCCCc1ccc(O)cc1)Nc1cccc(Cl)c1. The van der Waals surface area contributed by atoms with Crippen molar-refractivity contribution in [1.82, 2.24) is 5.32 Å². The third-order valence-electron chi connectivity index (χ3n) is 2.95. The Labute approximate surface area is 128 Å². The summed E-state index contributed by atoms with van der Waals surface area (Å²) in [5.74, 6) is 0.262. The van der Waals surface area contributed by atoms with Crippen molar-refractivity contribution in [3.05, 3.63) is 59.1 Å². The highest BCUT2D eigenvalue weighted by atomic mass is 35.5. The zero-order chi connectivity index (χ0) is 15.1. The van der Waals surface area contributed by atoms with E-state index in [1.807, 2.05) is 12.1 Å². The van der Waals surface area contributed by atoms with Crippen LogP contribution in [0.15, 0.2) is 48.5 Å². The van der Waals surface area contributed by atoms with Gasteiger partial charge in [0.05, 0.1) is 0 Å². The lowest BCUT2D eigenvalue weighted by Gasteiger charge is -2.08. The molecule has 0 aliphatic heterocycles. The van der Waals surface area contributed by atoms with Crippen molar-refractivity contribution in [2.75, 3.05) is 11.9 Å². The van der Waals surface area contributed by atoms with Crippen LogP contribution in [0.2, 0.25) is 5.02 Å². The largest absolute Gasteiger partial charge is 0.508 e. The van der Waals surface area contributed by atoms with Crippen molar-refractivity contribution in [2.24, 2.45) is 0 Å². The van der Waals surface area contributed by atoms with Gasteiger partial charge in [-0.15, -0.1) is 0 Å². The number of hydrogen-bond donors (Lipinski definition) is 3. The summed E-state index contributed by atoms with van der Waals surface area (Å²) in [5.41, 5.74) is 1.79. The number of amides is 2. The Morgan fingerprint density at radius 3 is 2.62 bits per heavy atom. The fraction of sp³-hybridized carbons (Fsp3) is 0.188. The Kier molecular flexibility index (Phi) is 5.46. The van der Waals surface area contributed by atoms with E-state index in [1.165, 1.54) is 0 Å². The Morgan fingerprint density at radius 2 is 1.90 bits per heavy atom. The summed E-state index contributed by atoms with van der Waals surface area (Å²) in [5, 5.41) is 15.3. The molecule has 0 aromatic heterocycles. The Bertz CT molecular complexity index is 599. The number of anilines is 1. The standard InChI is InChI=1S/C16H17ClN2O2/c17-13-4-1-5-14(11-13)19-16(21)18-10-2-3-12-6-8-15(20)9-7-12/h1,4-9,11,20H,2-3,10H2,(H2,18,19,21). The lowest BCUT2D eigenvalue weighted by molar-refractivity contribution is 0.252. The van der Waals surface area contributed by atoms with Gasteiger partial charge in [0.1, 0.15) is 5.75 Å². The highest BCUT2D eigenvalue weighted by Gasteiger charge is 2.01. The van der Waals surface area contributed by atoms with Crippen LogP contribution < -0.4 is 10.6 Å². The minimum Gasteiger partial charge on any atom is -0.508 e. The molecule has 0 unspecified atom stereocenters. The number of hydrogen-bond acceptors (Lipinski definition) is 2. The summed E-state index contributed by atoms with van der Waals surface area (Å²) >= 11 is 5.84. The zero-order valence-corrected chi connectivity index (χ0v) is 12.2. The number of phenolic OH excluding ortho intramolecular Hbond substituents is 1. The number of phenols is 1. The number of benzene rings is 2. The predicted molar refractivity (Wildman–Crippen MR) is 84.9 cm³/mol. The number of rotatable bonds is 5. The molecule has 0 saturated carbocycles. The molecule has 2 aromatic carbocycles. The molecule has 0 heterocycles. The fourth-order valence-electron chi connectivity index (χ4n) is 1.90. The Morgan fingerprint density at radius 1 is 1.14 bits per heavy atom. The second-order valence-corrected chi connectivity index (χ2v) is 5.10. The highest BCUT2D eigenvalue weighted by molar-refractivity contribution is 6.30. The van der Waals surface area contributed by atoms with Gasteiger partial charge in [-0.2, -0.15) is 0 Å².